The van der Waals surface area contributed by atoms with Gasteiger partial charge in [0.15, 0.2) is 0 Å². The second-order valence-corrected chi connectivity index (χ2v) is 5.01. The topological polar surface area (TPSA) is 29.1 Å². The Bertz CT molecular complexity index is 311. The van der Waals surface area contributed by atoms with Crippen molar-refractivity contribution in [3.63, 3.8) is 0 Å². The summed E-state index contributed by atoms with van der Waals surface area (Å²) in [6.07, 6.45) is 3.39. The molecular weight excluding hydrogens is 274 g/mol. The maximum Gasteiger partial charge on any atom is 0.252 e. The quantitative estimate of drug-likeness (QED) is 0.632. The lowest BCUT2D eigenvalue weighted by atomic mass is 10.2. The van der Waals surface area contributed by atoms with Gasteiger partial charge in [0.25, 0.3) is 5.91 Å². The van der Waals surface area contributed by atoms with Gasteiger partial charge < -0.3 is 5.32 Å². The fraction of sp³-hybridized carbons (Fsp3) is 0.545. The average Bonchev–Trinajstić information content (AvgIpc) is 2.64. The molecule has 0 unspecified atom stereocenters. The Hall–Kier alpha value is -0.350. The van der Waals surface area contributed by atoms with Crippen molar-refractivity contribution >= 4 is 33.2 Å². The molecule has 0 aliphatic heterocycles. The summed E-state index contributed by atoms with van der Waals surface area (Å²) in [7, 11) is 0. The molecule has 0 aromatic carbocycles. The number of alkyl halides is 1. The minimum Gasteiger partial charge on any atom is -0.352 e. The van der Waals surface area contributed by atoms with Crippen LogP contribution in [0.4, 0.5) is 0 Å². The Kier molecular flexibility index (Phi) is 5.95. The molecule has 15 heavy (non-hydrogen) atoms. The minimum atomic E-state index is 0.0626. The van der Waals surface area contributed by atoms with E-state index in [2.05, 4.69) is 21.2 Å². The molecule has 0 fully saturated rings. The molecule has 0 saturated heterocycles. The predicted octanol–water partition coefficient (Wildman–Crippen LogP) is 3.35. The first kappa shape index (κ1) is 12.7. The number of halogens is 1. The second kappa shape index (κ2) is 7.01. The van der Waals surface area contributed by atoms with Crippen molar-refractivity contribution < 1.29 is 4.79 Å². The number of thiophene rings is 1. The number of carbonyl (C=O) groups is 1. The van der Waals surface area contributed by atoms with E-state index in [-0.39, 0.29) is 5.91 Å². The van der Waals surface area contributed by atoms with Crippen LogP contribution < -0.4 is 5.32 Å². The summed E-state index contributed by atoms with van der Waals surface area (Å²) in [5.41, 5.74) is 1.89. The van der Waals surface area contributed by atoms with Crippen molar-refractivity contribution in [3.8, 4) is 0 Å². The van der Waals surface area contributed by atoms with Crippen LogP contribution in [0.25, 0.3) is 0 Å². The highest BCUT2D eigenvalue weighted by atomic mass is 79.9. The number of nitrogens with one attached hydrogen (secondary N) is 1. The van der Waals surface area contributed by atoms with E-state index in [0.29, 0.717) is 0 Å². The van der Waals surface area contributed by atoms with Gasteiger partial charge in [0.1, 0.15) is 0 Å². The number of amides is 1. The molecule has 0 bridgehead atoms. The third kappa shape index (κ3) is 4.34. The van der Waals surface area contributed by atoms with Crippen molar-refractivity contribution in [2.24, 2.45) is 0 Å². The highest BCUT2D eigenvalue weighted by Gasteiger charge is 2.08. The molecule has 0 atom stereocenters. The third-order valence-corrected chi connectivity index (χ3v) is 3.62. The molecule has 0 saturated carbocycles. The summed E-state index contributed by atoms with van der Waals surface area (Å²) in [4.78, 5) is 11.6. The normalized spacial score (nSPS) is 10.3. The van der Waals surface area contributed by atoms with Crippen LogP contribution in [0.1, 0.15) is 35.2 Å². The molecule has 1 rings (SSSR count). The van der Waals surface area contributed by atoms with Crippen LogP contribution in [0.5, 0.6) is 0 Å². The van der Waals surface area contributed by atoms with Crippen molar-refractivity contribution in [2.75, 3.05) is 11.9 Å². The summed E-state index contributed by atoms with van der Waals surface area (Å²) in [6, 6.07) is 0. The molecule has 0 aliphatic carbocycles. The smallest absolute Gasteiger partial charge is 0.252 e. The molecule has 0 spiro atoms. The van der Waals surface area contributed by atoms with Crippen molar-refractivity contribution in [1.82, 2.24) is 5.32 Å². The van der Waals surface area contributed by atoms with E-state index in [4.69, 9.17) is 0 Å². The van der Waals surface area contributed by atoms with Gasteiger partial charge in [0, 0.05) is 17.3 Å². The zero-order valence-electron chi connectivity index (χ0n) is 8.88. The first-order chi connectivity index (χ1) is 7.25. The summed E-state index contributed by atoms with van der Waals surface area (Å²) in [5.74, 6) is 0.0626. The largest absolute Gasteiger partial charge is 0.352 e. The Morgan fingerprint density at radius 3 is 2.80 bits per heavy atom. The molecular formula is C11H16BrNOS. The van der Waals surface area contributed by atoms with Gasteiger partial charge in [-0.3, -0.25) is 4.79 Å². The van der Waals surface area contributed by atoms with Crippen molar-refractivity contribution in [1.29, 1.82) is 0 Å². The van der Waals surface area contributed by atoms with Gasteiger partial charge >= 0.3 is 0 Å². The van der Waals surface area contributed by atoms with Gasteiger partial charge in [-0.1, -0.05) is 22.4 Å². The van der Waals surface area contributed by atoms with Gasteiger partial charge in [-0.05, 0) is 30.7 Å². The summed E-state index contributed by atoms with van der Waals surface area (Å²) in [6.45, 7) is 2.75. The van der Waals surface area contributed by atoms with Crippen LogP contribution in [0, 0.1) is 6.92 Å². The number of aryl methyl sites for hydroxylation is 1. The van der Waals surface area contributed by atoms with E-state index < -0.39 is 0 Å². The van der Waals surface area contributed by atoms with Gasteiger partial charge in [-0.2, -0.15) is 11.3 Å². The minimum absolute atomic E-state index is 0.0626. The molecule has 0 radical (unpaired) electrons. The standard InChI is InChI=1S/C11H16BrNOS/c1-9-7-15-8-10(9)11(14)13-6-4-2-3-5-12/h7-8H,2-6H2,1H3,(H,13,14). The van der Waals surface area contributed by atoms with Crippen LogP contribution in [0.3, 0.4) is 0 Å². The molecule has 1 aromatic rings. The van der Waals surface area contributed by atoms with Gasteiger partial charge in [-0.25, -0.2) is 0 Å². The van der Waals surface area contributed by atoms with Crippen LogP contribution in [0.15, 0.2) is 10.8 Å². The van der Waals surface area contributed by atoms with E-state index in [9.17, 15) is 4.79 Å². The Morgan fingerprint density at radius 1 is 1.40 bits per heavy atom. The van der Waals surface area contributed by atoms with Gasteiger partial charge in [0.2, 0.25) is 0 Å². The van der Waals surface area contributed by atoms with E-state index in [0.717, 1.165) is 35.8 Å². The molecule has 4 heteroatoms. The third-order valence-electron chi connectivity index (χ3n) is 2.20. The maximum absolute atomic E-state index is 11.6. The molecule has 1 heterocycles. The predicted molar refractivity (Wildman–Crippen MR) is 69.0 cm³/mol. The van der Waals surface area contributed by atoms with Crippen LogP contribution in [-0.4, -0.2) is 17.8 Å². The molecule has 0 aliphatic rings. The van der Waals surface area contributed by atoms with E-state index in [1.165, 1.54) is 6.42 Å². The molecule has 1 N–H and O–H groups in total. The zero-order valence-corrected chi connectivity index (χ0v) is 11.3. The lowest BCUT2D eigenvalue weighted by Gasteiger charge is -2.03. The van der Waals surface area contributed by atoms with Crippen LogP contribution >= 0.6 is 27.3 Å². The fourth-order valence-electron chi connectivity index (χ4n) is 1.29. The number of hydrogen-bond acceptors (Lipinski definition) is 2. The highest BCUT2D eigenvalue weighted by molar-refractivity contribution is 9.09. The number of hydrogen-bond donors (Lipinski definition) is 1. The van der Waals surface area contributed by atoms with E-state index in [1.54, 1.807) is 11.3 Å². The summed E-state index contributed by atoms with van der Waals surface area (Å²) in [5, 5.41) is 7.89. The maximum atomic E-state index is 11.6. The summed E-state index contributed by atoms with van der Waals surface area (Å²) >= 11 is 4.96. The monoisotopic (exact) mass is 289 g/mol. The molecule has 2 nitrogen and oxygen atoms in total. The van der Waals surface area contributed by atoms with Crippen LogP contribution in [-0.2, 0) is 0 Å². The molecule has 1 amide bonds. The van der Waals surface area contributed by atoms with Crippen molar-refractivity contribution in [2.45, 2.75) is 26.2 Å². The Balaban J connectivity index is 2.22. The Morgan fingerprint density at radius 2 is 2.20 bits per heavy atom. The van der Waals surface area contributed by atoms with Gasteiger partial charge in [0.05, 0.1) is 5.56 Å². The number of rotatable bonds is 6. The first-order valence-corrected chi connectivity index (χ1v) is 7.19. The zero-order chi connectivity index (χ0) is 11.1. The van der Waals surface area contributed by atoms with E-state index >= 15 is 0 Å². The lowest BCUT2D eigenvalue weighted by Crippen LogP contribution is -2.24. The molecule has 1 aromatic heterocycles. The highest BCUT2D eigenvalue weighted by Crippen LogP contribution is 2.13. The van der Waals surface area contributed by atoms with Gasteiger partial charge in [-0.15, -0.1) is 0 Å². The Labute approximate surface area is 103 Å². The average molecular weight is 290 g/mol. The number of carbonyl (C=O) groups excluding carboxylic acids is 1. The van der Waals surface area contributed by atoms with Crippen molar-refractivity contribution in [3.05, 3.63) is 21.9 Å². The first-order valence-electron chi connectivity index (χ1n) is 5.12. The SMILES string of the molecule is Cc1cscc1C(=O)NCCCCCBr. The molecule has 84 valence electrons. The summed E-state index contributed by atoms with van der Waals surface area (Å²) < 4.78 is 0. The van der Waals surface area contributed by atoms with Crippen LogP contribution in [0.2, 0.25) is 0 Å². The number of unbranched alkanes of at least 4 members (excludes halogenated alkanes) is 2. The fourth-order valence-corrected chi connectivity index (χ4v) is 2.51. The lowest BCUT2D eigenvalue weighted by molar-refractivity contribution is 0.0953. The van der Waals surface area contributed by atoms with E-state index in [1.807, 2.05) is 17.7 Å². The second-order valence-electron chi connectivity index (χ2n) is 3.47.